The van der Waals surface area contributed by atoms with E-state index in [1.165, 1.54) is 0 Å². The number of nitrogens with one attached hydrogen (secondary N) is 2. The minimum absolute atomic E-state index is 0.0525. The molecule has 2 fully saturated rings. The van der Waals surface area contributed by atoms with Gasteiger partial charge in [-0.25, -0.2) is 4.79 Å². The summed E-state index contributed by atoms with van der Waals surface area (Å²) in [6.07, 6.45) is 5.29. The van der Waals surface area contributed by atoms with E-state index in [4.69, 9.17) is 56.8 Å². The van der Waals surface area contributed by atoms with Crippen LogP contribution in [0.25, 0.3) is 0 Å². The Hall–Kier alpha value is -1.52. The third-order valence-electron chi connectivity index (χ3n) is 8.57. The predicted octanol–water partition coefficient (Wildman–Crippen LogP) is 2.24. The van der Waals surface area contributed by atoms with Gasteiger partial charge in [-0.3, -0.25) is 9.59 Å². The van der Waals surface area contributed by atoms with Crippen molar-refractivity contribution in [1.29, 1.82) is 0 Å². The molecule has 2 aliphatic rings. The van der Waals surface area contributed by atoms with E-state index in [1.807, 2.05) is 11.8 Å². The molecule has 2 heterocycles. The van der Waals surface area contributed by atoms with Crippen molar-refractivity contribution >= 4 is 29.4 Å². The Morgan fingerprint density at radius 1 is 0.474 bits per heavy atom. The van der Waals surface area contributed by atoms with Crippen LogP contribution in [0.3, 0.4) is 0 Å². The van der Waals surface area contributed by atoms with Gasteiger partial charge in [0.25, 0.3) is 0 Å². The van der Waals surface area contributed by atoms with Crippen LogP contribution in [0.1, 0.15) is 51.9 Å². The van der Waals surface area contributed by atoms with E-state index in [1.54, 1.807) is 6.92 Å². The first-order valence-electron chi connectivity index (χ1n) is 20.7. The standard InChI is InChI=1S/C39H72N2O15S/c1-34(42)8-10-46-12-14-48-16-18-50-20-22-52-24-26-54-28-30-56-32-31-55-29-27-53-25-23-51-21-19-49-17-15-47-13-11-45-9-4-6-35(43)5-2-3-7-37-38-36(33-57-37)40-39(44)41-38/h36-38H,2-33H2,1H3,(H2,40,41,44). The molecule has 17 nitrogen and oxygen atoms in total. The van der Waals surface area contributed by atoms with Gasteiger partial charge in [0, 0.05) is 36.9 Å². The summed E-state index contributed by atoms with van der Waals surface area (Å²) in [4.78, 5) is 34.4. The minimum Gasteiger partial charge on any atom is -0.379 e. The van der Waals surface area contributed by atoms with Crippen LogP contribution in [0.2, 0.25) is 0 Å². The fourth-order valence-electron chi connectivity index (χ4n) is 5.54. The molecule has 3 atom stereocenters. The van der Waals surface area contributed by atoms with Crippen LogP contribution < -0.4 is 10.6 Å². The Kier molecular flexibility index (Phi) is 35.0. The lowest BCUT2D eigenvalue weighted by molar-refractivity contribution is -0.120. The molecule has 0 spiro atoms. The zero-order valence-electron chi connectivity index (χ0n) is 34.4. The summed E-state index contributed by atoms with van der Waals surface area (Å²) < 4.78 is 65.6. The molecule has 0 bridgehead atoms. The number of fused-ring (bicyclic) bond motifs is 1. The lowest BCUT2D eigenvalue weighted by atomic mass is 10.0. The first-order valence-corrected chi connectivity index (χ1v) is 21.7. The lowest BCUT2D eigenvalue weighted by Crippen LogP contribution is -2.36. The maximum absolute atomic E-state index is 12.2. The minimum atomic E-state index is -0.0525. The Balaban J connectivity index is 1.14. The van der Waals surface area contributed by atoms with Crippen molar-refractivity contribution in [2.45, 2.75) is 69.2 Å². The number of hydrogen-bond donors (Lipinski definition) is 2. The van der Waals surface area contributed by atoms with Crippen LogP contribution >= 0.6 is 11.8 Å². The highest BCUT2D eigenvalue weighted by atomic mass is 32.2. The van der Waals surface area contributed by atoms with Crippen molar-refractivity contribution in [3.8, 4) is 0 Å². The molecule has 334 valence electrons. The summed E-state index contributed by atoms with van der Waals surface area (Å²) in [6.45, 7) is 13.3. The van der Waals surface area contributed by atoms with Crippen molar-refractivity contribution < 1.29 is 71.2 Å². The van der Waals surface area contributed by atoms with E-state index in [9.17, 15) is 14.4 Å². The molecule has 0 saturated carbocycles. The number of thioether (sulfide) groups is 1. The maximum atomic E-state index is 12.2. The fraction of sp³-hybridized carbons (Fsp3) is 0.923. The highest BCUT2D eigenvalue weighted by molar-refractivity contribution is 8.00. The second-order valence-corrected chi connectivity index (χ2v) is 14.6. The Morgan fingerprint density at radius 2 is 0.825 bits per heavy atom. The molecule has 3 unspecified atom stereocenters. The van der Waals surface area contributed by atoms with Gasteiger partial charge in [-0.15, -0.1) is 0 Å². The van der Waals surface area contributed by atoms with Gasteiger partial charge in [-0.1, -0.05) is 6.42 Å². The second-order valence-electron chi connectivity index (χ2n) is 13.3. The number of unbranched alkanes of at least 4 members (excludes halogenated alkanes) is 1. The maximum Gasteiger partial charge on any atom is 0.315 e. The van der Waals surface area contributed by atoms with E-state index in [2.05, 4.69) is 10.6 Å². The molecule has 0 aliphatic carbocycles. The van der Waals surface area contributed by atoms with Crippen LogP contribution in [-0.4, -0.2) is 199 Å². The van der Waals surface area contributed by atoms with E-state index in [-0.39, 0.29) is 23.9 Å². The summed E-state index contributed by atoms with van der Waals surface area (Å²) in [6, 6.07) is 0.438. The number of Topliss-reactive ketones (excluding diaryl/α,β-unsaturated/α-hetero) is 2. The molecule has 2 N–H and O–H groups in total. The Bertz CT molecular complexity index is 973. The number of carbonyl (C=O) groups excluding carboxylic acids is 3. The Morgan fingerprint density at radius 3 is 1.21 bits per heavy atom. The molecule has 0 radical (unpaired) electrons. The second kappa shape index (κ2) is 38.7. The average Bonchev–Trinajstić information content (AvgIpc) is 3.76. The summed E-state index contributed by atoms with van der Waals surface area (Å²) in [7, 11) is 0. The van der Waals surface area contributed by atoms with E-state index in [0.717, 1.165) is 31.4 Å². The number of amides is 2. The number of carbonyl (C=O) groups is 3. The van der Waals surface area contributed by atoms with Crippen LogP contribution in [0.15, 0.2) is 0 Å². The molecule has 0 aromatic heterocycles. The van der Waals surface area contributed by atoms with Gasteiger partial charge in [0.1, 0.15) is 11.6 Å². The zero-order valence-corrected chi connectivity index (χ0v) is 35.2. The quantitative estimate of drug-likeness (QED) is 0.0672. The van der Waals surface area contributed by atoms with Crippen LogP contribution in [0.4, 0.5) is 4.79 Å². The normalized spacial score (nSPS) is 17.6. The molecular formula is C39H72N2O15S. The highest BCUT2D eigenvalue weighted by Crippen LogP contribution is 2.33. The number of rotatable bonds is 45. The first kappa shape index (κ1) is 51.6. The summed E-state index contributed by atoms with van der Waals surface area (Å²) >= 11 is 1.92. The first-order chi connectivity index (χ1) is 28.1. The number of urea groups is 1. The van der Waals surface area contributed by atoms with E-state index in [0.29, 0.717) is 189 Å². The average molecular weight is 841 g/mol. The SMILES string of the molecule is CC(=O)CCOCCOCCOCCOCCOCCOCCOCCOCCOCCOCCOCCOCCCC(=O)CCCCC1SCC2NC(=O)NC21. The predicted molar refractivity (Wildman–Crippen MR) is 213 cm³/mol. The monoisotopic (exact) mass is 840 g/mol. The van der Waals surface area contributed by atoms with Gasteiger partial charge in [0.05, 0.1) is 164 Å². The lowest BCUT2D eigenvalue weighted by Gasteiger charge is -2.16. The summed E-state index contributed by atoms with van der Waals surface area (Å²) in [5, 5.41) is 6.43. The largest absolute Gasteiger partial charge is 0.379 e. The molecule has 0 aromatic carbocycles. The van der Waals surface area contributed by atoms with Crippen molar-refractivity contribution in [3.63, 3.8) is 0 Å². The Labute approximate surface area is 344 Å². The number of hydrogen-bond acceptors (Lipinski definition) is 16. The molecule has 2 amide bonds. The number of ether oxygens (including phenoxy) is 12. The van der Waals surface area contributed by atoms with Crippen molar-refractivity contribution in [2.24, 2.45) is 0 Å². The number of ketones is 2. The topological polar surface area (TPSA) is 186 Å². The summed E-state index contributed by atoms with van der Waals surface area (Å²) in [5.74, 6) is 1.38. The summed E-state index contributed by atoms with van der Waals surface area (Å²) in [5.41, 5.74) is 0. The van der Waals surface area contributed by atoms with Crippen LogP contribution in [-0.2, 0) is 66.4 Å². The molecule has 57 heavy (non-hydrogen) atoms. The van der Waals surface area contributed by atoms with Gasteiger partial charge < -0.3 is 67.5 Å². The van der Waals surface area contributed by atoms with Crippen molar-refractivity contribution in [2.75, 3.05) is 164 Å². The van der Waals surface area contributed by atoms with Crippen molar-refractivity contribution in [3.05, 3.63) is 0 Å². The smallest absolute Gasteiger partial charge is 0.315 e. The third kappa shape index (κ3) is 32.0. The van der Waals surface area contributed by atoms with Crippen LogP contribution in [0, 0.1) is 0 Å². The van der Waals surface area contributed by atoms with Crippen LogP contribution in [0.5, 0.6) is 0 Å². The van der Waals surface area contributed by atoms with Gasteiger partial charge in [0.15, 0.2) is 0 Å². The van der Waals surface area contributed by atoms with Gasteiger partial charge in [-0.2, -0.15) is 11.8 Å². The van der Waals surface area contributed by atoms with Crippen molar-refractivity contribution in [1.82, 2.24) is 10.6 Å². The zero-order chi connectivity index (χ0) is 40.7. The molecule has 0 aromatic rings. The third-order valence-corrected chi connectivity index (χ3v) is 10.1. The van der Waals surface area contributed by atoms with Gasteiger partial charge in [0.2, 0.25) is 0 Å². The van der Waals surface area contributed by atoms with E-state index < -0.39 is 0 Å². The van der Waals surface area contributed by atoms with Gasteiger partial charge >= 0.3 is 6.03 Å². The molecule has 2 saturated heterocycles. The molecular weight excluding hydrogens is 768 g/mol. The fourth-order valence-corrected chi connectivity index (χ4v) is 7.09. The van der Waals surface area contributed by atoms with E-state index >= 15 is 0 Å². The van der Waals surface area contributed by atoms with Gasteiger partial charge in [-0.05, 0) is 26.2 Å². The highest BCUT2D eigenvalue weighted by Gasteiger charge is 2.42. The molecule has 18 heteroatoms. The molecule has 2 aliphatic heterocycles. The molecule has 2 rings (SSSR count).